The molecule has 0 aromatic heterocycles. The van der Waals surface area contributed by atoms with Crippen LogP contribution in [0, 0.1) is 23.7 Å². The van der Waals surface area contributed by atoms with Gasteiger partial charge in [0.05, 0.1) is 0 Å². The summed E-state index contributed by atoms with van der Waals surface area (Å²) in [5, 5.41) is 0. The van der Waals surface area contributed by atoms with E-state index in [1.165, 1.54) is 12.8 Å². The first-order chi connectivity index (χ1) is 4.95. The van der Waals surface area contributed by atoms with Crippen molar-refractivity contribution in [3.05, 3.63) is 24.3 Å². The highest BCUT2D eigenvalue weighted by Crippen LogP contribution is 2.52. The maximum Gasteiger partial charge on any atom is -0.0133 e. The maximum absolute atomic E-state index is 2.44. The summed E-state index contributed by atoms with van der Waals surface area (Å²) >= 11 is 0. The molecule has 0 nitrogen and oxygen atoms in total. The molecule has 52 valence electrons. The minimum atomic E-state index is 0.925. The lowest BCUT2D eigenvalue weighted by molar-refractivity contribution is 0.398. The van der Waals surface area contributed by atoms with Crippen LogP contribution in [0.15, 0.2) is 24.3 Å². The molecule has 0 radical (unpaired) electrons. The van der Waals surface area contributed by atoms with Gasteiger partial charge in [-0.15, -0.1) is 0 Å². The molecule has 0 aliphatic heterocycles. The van der Waals surface area contributed by atoms with Crippen molar-refractivity contribution in [3.8, 4) is 0 Å². The highest BCUT2D eigenvalue weighted by molar-refractivity contribution is 5.21. The third-order valence-electron chi connectivity index (χ3n) is 3.46. The minimum Gasteiger partial charge on any atom is -0.0879 e. The molecule has 1 saturated carbocycles. The van der Waals surface area contributed by atoms with E-state index in [2.05, 4.69) is 24.3 Å². The SMILES string of the molecule is C1=C[C@H]2C3C=CC(C3)[C@H]2C1. The van der Waals surface area contributed by atoms with E-state index in [0.29, 0.717) is 0 Å². The Balaban J connectivity index is 2.04. The first kappa shape index (κ1) is 5.17. The lowest BCUT2D eigenvalue weighted by Crippen LogP contribution is -2.12. The maximum atomic E-state index is 2.44. The fourth-order valence-corrected chi connectivity index (χ4v) is 2.97. The average molecular weight is 132 g/mol. The summed E-state index contributed by atoms with van der Waals surface area (Å²) in [6, 6.07) is 0. The summed E-state index contributed by atoms with van der Waals surface area (Å²) in [6.07, 6.45) is 12.5. The Labute approximate surface area is 61.6 Å². The van der Waals surface area contributed by atoms with E-state index >= 15 is 0 Å². The lowest BCUT2D eigenvalue weighted by atomic mass is 9.86. The van der Waals surface area contributed by atoms with Crippen LogP contribution in [0.3, 0.4) is 0 Å². The van der Waals surface area contributed by atoms with Gasteiger partial charge in [0.2, 0.25) is 0 Å². The van der Waals surface area contributed by atoms with E-state index in [9.17, 15) is 0 Å². The van der Waals surface area contributed by atoms with E-state index < -0.39 is 0 Å². The zero-order chi connectivity index (χ0) is 6.55. The second-order valence-corrected chi connectivity index (χ2v) is 3.85. The van der Waals surface area contributed by atoms with Crippen molar-refractivity contribution in [2.45, 2.75) is 12.8 Å². The molecule has 0 aromatic carbocycles. The number of fused-ring (bicyclic) bond motifs is 5. The first-order valence-electron chi connectivity index (χ1n) is 4.30. The number of allylic oxidation sites excluding steroid dienone is 4. The molecule has 3 rings (SSSR count). The predicted molar refractivity (Wildman–Crippen MR) is 41.5 cm³/mol. The molecule has 0 spiro atoms. The van der Waals surface area contributed by atoms with Crippen molar-refractivity contribution >= 4 is 0 Å². The molecule has 0 heteroatoms. The Kier molecular flexibility index (Phi) is 0.803. The highest BCUT2D eigenvalue weighted by atomic mass is 14.5. The van der Waals surface area contributed by atoms with Crippen LogP contribution in [0.2, 0.25) is 0 Å². The third kappa shape index (κ3) is 0.448. The summed E-state index contributed by atoms with van der Waals surface area (Å²) in [6.45, 7) is 0. The molecule has 3 aliphatic carbocycles. The van der Waals surface area contributed by atoms with E-state index in [0.717, 1.165) is 23.7 Å². The van der Waals surface area contributed by atoms with Crippen LogP contribution in [0.25, 0.3) is 0 Å². The van der Waals surface area contributed by atoms with Crippen molar-refractivity contribution in [3.63, 3.8) is 0 Å². The van der Waals surface area contributed by atoms with Gasteiger partial charge in [0.15, 0.2) is 0 Å². The zero-order valence-corrected chi connectivity index (χ0v) is 6.03. The molecule has 1 fully saturated rings. The zero-order valence-electron chi connectivity index (χ0n) is 6.03. The van der Waals surface area contributed by atoms with E-state index in [4.69, 9.17) is 0 Å². The smallest absolute Gasteiger partial charge is 0.0133 e. The molecule has 0 heterocycles. The van der Waals surface area contributed by atoms with Crippen molar-refractivity contribution in [2.24, 2.45) is 23.7 Å². The van der Waals surface area contributed by atoms with Crippen LogP contribution in [0.4, 0.5) is 0 Å². The average Bonchev–Trinajstić information content (AvgIpc) is 2.60. The van der Waals surface area contributed by atoms with Gasteiger partial charge in [-0.2, -0.15) is 0 Å². The van der Waals surface area contributed by atoms with Crippen LogP contribution in [0.1, 0.15) is 12.8 Å². The molecule has 0 amide bonds. The Morgan fingerprint density at radius 3 is 2.80 bits per heavy atom. The minimum absolute atomic E-state index is 0.925. The Morgan fingerprint density at radius 1 is 1.00 bits per heavy atom. The van der Waals surface area contributed by atoms with Gasteiger partial charge in [-0.25, -0.2) is 0 Å². The third-order valence-corrected chi connectivity index (χ3v) is 3.46. The first-order valence-corrected chi connectivity index (χ1v) is 4.30. The monoisotopic (exact) mass is 132 g/mol. The van der Waals surface area contributed by atoms with E-state index in [1.807, 2.05) is 0 Å². The van der Waals surface area contributed by atoms with Gasteiger partial charge < -0.3 is 0 Å². The second kappa shape index (κ2) is 1.55. The standard InChI is InChI=1S/C10H12/c1-2-9-7-4-5-8(6-7)10(9)3-1/h1-2,4-5,7-10H,3,6H2/t7?,8?,9-,10+/m0/s1. The largest absolute Gasteiger partial charge is 0.0879 e. The molecule has 4 atom stereocenters. The topological polar surface area (TPSA) is 0 Å². The van der Waals surface area contributed by atoms with E-state index in [1.54, 1.807) is 0 Å². The van der Waals surface area contributed by atoms with Gasteiger partial charge in [-0.1, -0.05) is 24.3 Å². The van der Waals surface area contributed by atoms with Crippen LogP contribution < -0.4 is 0 Å². The number of rotatable bonds is 0. The van der Waals surface area contributed by atoms with Crippen LogP contribution in [-0.4, -0.2) is 0 Å². The van der Waals surface area contributed by atoms with Crippen LogP contribution in [-0.2, 0) is 0 Å². The van der Waals surface area contributed by atoms with Gasteiger partial charge in [-0.05, 0) is 36.5 Å². The normalized spacial score (nSPS) is 54.4. The molecule has 3 aliphatic rings. The van der Waals surface area contributed by atoms with Crippen LogP contribution >= 0.6 is 0 Å². The molecule has 0 saturated heterocycles. The fourth-order valence-electron chi connectivity index (χ4n) is 2.97. The summed E-state index contributed by atoms with van der Waals surface area (Å²) in [5.74, 6) is 3.82. The highest BCUT2D eigenvalue weighted by Gasteiger charge is 2.44. The van der Waals surface area contributed by atoms with Crippen LogP contribution in [0.5, 0.6) is 0 Å². The molecule has 0 aromatic rings. The van der Waals surface area contributed by atoms with Gasteiger partial charge in [0.25, 0.3) is 0 Å². The fraction of sp³-hybridized carbons (Fsp3) is 0.600. The molecule has 10 heavy (non-hydrogen) atoms. The van der Waals surface area contributed by atoms with Gasteiger partial charge in [0, 0.05) is 0 Å². The summed E-state index contributed by atoms with van der Waals surface area (Å²) in [4.78, 5) is 0. The Bertz CT molecular complexity index is 212. The van der Waals surface area contributed by atoms with Crippen molar-refractivity contribution < 1.29 is 0 Å². The molecule has 2 unspecified atom stereocenters. The van der Waals surface area contributed by atoms with Gasteiger partial charge in [0.1, 0.15) is 0 Å². The predicted octanol–water partition coefficient (Wildman–Crippen LogP) is 2.38. The second-order valence-electron chi connectivity index (χ2n) is 3.85. The molecule has 2 bridgehead atoms. The molecule has 0 N–H and O–H groups in total. The quantitative estimate of drug-likeness (QED) is 0.444. The number of hydrogen-bond donors (Lipinski definition) is 0. The van der Waals surface area contributed by atoms with Crippen molar-refractivity contribution in [1.29, 1.82) is 0 Å². The lowest BCUT2D eigenvalue weighted by Gasteiger charge is -2.18. The van der Waals surface area contributed by atoms with Crippen molar-refractivity contribution in [2.75, 3.05) is 0 Å². The summed E-state index contributed by atoms with van der Waals surface area (Å²) < 4.78 is 0. The van der Waals surface area contributed by atoms with Gasteiger partial charge >= 0.3 is 0 Å². The Hall–Kier alpha value is -0.520. The summed E-state index contributed by atoms with van der Waals surface area (Å²) in [7, 11) is 0. The van der Waals surface area contributed by atoms with E-state index in [-0.39, 0.29) is 0 Å². The molecular weight excluding hydrogens is 120 g/mol. The number of hydrogen-bond acceptors (Lipinski definition) is 0. The summed E-state index contributed by atoms with van der Waals surface area (Å²) in [5.41, 5.74) is 0. The Morgan fingerprint density at radius 2 is 1.90 bits per heavy atom. The molecular formula is C10H12. The van der Waals surface area contributed by atoms with Crippen molar-refractivity contribution in [1.82, 2.24) is 0 Å². The van der Waals surface area contributed by atoms with Gasteiger partial charge in [-0.3, -0.25) is 0 Å².